The summed E-state index contributed by atoms with van der Waals surface area (Å²) >= 11 is 0. The molecule has 0 atom stereocenters. The topological polar surface area (TPSA) is 122 Å². The van der Waals surface area contributed by atoms with Crippen LogP contribution in [0.2, 0.25) is 0 Å². The summed E-state index contributed by atoms with van der Waals surface area (Å²) in [5, 5.41) is 11.8. The lowest BCUT2D eigenvalue weighted by atomic mass is 10.1. The number of carboxylic acids is 1. The molecule has 0 spiro atoms. The number of carbonyl (C=O) groups is 1. The molecule has 1 aromatic carbocycles. The lowest BCUT2D eigenvalue weighted by molar-refractivity contribution is 0.0698. The number of benzene rings is 1. The molecule has 0 saturated heterocycles. The largest absolute Gasteiger partial charge is 0.478 e. The summed E-state index contributed by atoms with van der Waals surface area (Å²) in [4.78, 5) is 10.8. The van der Waals surface area contributed by atoms with Crippen molar-refractivity contribution in [3.8, 4) is 0 Å². The maximum atomic E-state index is 10.8. The molecule has 106 valence electrons. The van der Waals surface area contributed by atoms with E-state index < -0.39 is 16.0 Å². The molecule has 8 heteroatoms. The van der Waals surface area contributed by atoms with Crippen LogP contribution >= 0.6 is 0 Å². The van der Waals surface area contributed by atoms with Crippen molar-refractivity contribution in [2.45, 2.75) is 6.42 Å². The Hall–Kier alpha value is -1.80. The van der Waals surface area contributed by atoms with Gasteiger partial charge in [0.2, 0.25) is 10.0 Å². The fourth-order valence-electron chi connectivity index (χ4n) is 1.45. The minimum atomic E-state index is -3.15. The fraction of sp³-hybridized carbons (Fsp3) is 0.364. The molecule has 7 nitrogen and oxygen atoms in total. The van der Waals surface area contributed by atoms with Gasteiger partial charge in [0.05, 0.1) is 11.8 Å². The Kier molecular flexibility index (Phi) is 5.13. The van der Waals surface area contributed by atoms with Crippen LogP contribution < -0.4 is 15.8 Å². The first kappa shape index (κ1) is 15.3. The third kappa shape index (κ3) is 5.58. The number of carboxylic acid groups (broad SMARTS) is 1. The summed E-state index contributed by atoms with van der Waals surface area (Å²) in [6.07, 6.45) is 1.71. The summed E-state index contributed by atoms with van der Waals surface area (Å²) in [6, 6.07) is 4.58. The summed E-state index contributed by atoms with van der Waals surface area (Å²) in [5.74, 6) is -1.07. The number of hydrogen-bond donors (Lipinski definition) is 4. The first-order valence-corrected chi connectivity index (χ1v) is 7.50. The summed E-state index contributed by atoms with van der Waals surface area (Å²) < 4.78 is 24.0. The van der Waals surface area contributed by atoms with Crippen LogP contribution in [-0.4, -0.2) is 38.8 Å². The van der Waals surface area contributed by atoms with Crippen LogP contribution in [0.25, 0.3) is 0 Å². The maximum absolute atomic E-state index is 10.8. The van der Waals surface area contributed by atoms with Gasteiger partial charge in [-0.1, -0.05) is 0 Å². The van der Waals surface area contributed by atoms with Crippen molar-refractivity contribution >= 4 is 27.4 Å². The van der Waals surface area contributed by atoms with E-state index in [-0.39, 0.29) is 11.3 Å². The van der Waals surface area contributed by atoms with Crippen LogP contribution in [0.15, 0.2) is 18.2 Å². The van der Waals surface area contributed by atoms with Gasteiger partial charge in [-0.05, 0) is 24.6 Å². The Balaban J connectivity index is 2.42. The van der Waals surface area contributed by atoms with Crippen LogP contribution in [0.3, 0.4) is 0 Å². The average Bonchev–Trinajstić information content (AvgIpc) is 2.26. The van der Waals surface area contributed by atoms with Crippen molar-refractivity contribution < 1.29 is 18.3 Å². The Labute approximate surface area is 111 Å². The highest BCUT2D eigenvalue weighted by molar-refractivity contribution is 7.88. The molecule has 0 heterocycles. The summed E-state index contributed by atoms with van der Waals surface area (Å²) in [7, 11) is -3.15. The number of nitrogens with one attached hydrogen (secondary N) is 2. The van der Waals surface area contributed by atoms with E-state index in [1.807, 2.05) is 0 Å². The van der Waals surface area contributed by atoms with Crippen molar-refractivity contribution in [1.29, 1.82) is 0 Å². The van der Waals surface area contributed by atoms with Gasteiger partial charge in [-0.3, -0.25) is 0 Å². The normalized spacial score (nSPS) is 11.2. The Bertz CT molecular complexity index is 557. The average molecular weight is 287 g/mol. The van der Waals surface area contributed by atoms with Crippen LogP contribution in [0.5, 0.6) is 0 Å². The van der Waals surface area contributed by atoms with E-state index in [0.29, 0.717) is 25.2 Å². The maximum Gasteiger partial charge on any atom is 0.337 e. The fourth-order valence-corrected chi connectivity index (χ4v) is 1.96. The predicted molar refractivity (Wildman–Crippen MR) is 73.8 cm³/mol. The lowest BCUT2D eigenvalue weighted by Crippen LogP contribution is -2.24. The molecule has 0 saturated carbocycles. The number of sulfonamides is 1. The monoisotopic (exact) mass is 287 g/mol. The second kappa shape index (κ2) is 6.39. The quantitative estimate of drug-likeness (QED) is 0.423. The smallest absolute Gasteiger partial charge is 0.337 e. The van der Waals surface area contributed by atoms with E-state index in [2.05, 4.69) is 10.0 Å². The van der Waals surface area contributed by atoms with E-state index in [4.69, 9.17) is 10.8 Å². The molecular weight excluding hydrogens is 270 g/mol. The van der Waals surface area contributed by atoms with E-state index in [0.717, 1.165) is 6.26 Å². The van der Waals surface area contributed by atoms with Gasteiger partial charge < -0.3 is 16.2 Å². The molecule has 0 aliphatic rings. The molecule has 1 rings (SSSR count). The van der Waals surface area contributed by atoms with Gasteiger partial charge >= 0.3 is 5.97 Å². The Morgan fingerprint density at radius 2 is 2.05 bits per heavy atom. The van der Waals surface area contributed by atoms with Crippen molar-refractivity contribution in [2.24, 2.45) is 0 Å². The highest BCUT2D eigenvalue weighted by Gasteiger charge is 2.07. The van der Waals surface area contributed by atoms with Crippen LogP contribution in [-0.2, 0) is 10.0 Å². The molecule has 19 heavy (non-hydrogen) atoms. The molecule has 1 aromatic rings. The van der Waals surface area contributed by atoms with Crippen LogP contribution in [0.4, 0.5) is 11.4 Å². The highest BCUT2D eigenvalue weighted by atomic mass is 32.2. The first-order valence-electron chi connectivity index (χ1n) is 5.61. The van der Waals surface area contributed by atoms with Crippen LogP contribution in [0, 0.1) is 0 Å². The third-order valence-corrected chi connectivity index (χ3v) is 3.06. The highest BCUT2D eigenvalue weighted by Crippen LogP contribution is 2.17. The minimum Gasteiger partial charge on any atom is -0.478 e. The number of nitrogen functional groups attached to an aromatic ring is 1. The van der Waals surface area contributed by atoms with E-state index in [9.17, 15) is 13.2 Å². The van der Waals surface area contributed by atoms with Crippen molar-refractivity contribution in [2.75, 3.05) is 30.4 Å². The van der Waals surface area contributed by atoms with Gasteiger partial charge in [0.15, 0.2) is 0 Å². The molecule has 0 amide bonds. The number of aromatic carboxylic acids is 1. The third-order valence-electron chi connectivity index (χ3n) is 2.33. The van der Waals surface area contributed by atoms with Gasteiger partial charge in [0.1, 0.15) is 0 Å². The number of anilines is 2. The second-order valence-corrected chi connectivity index (χ2v) is 5.89. The summed E-state index contributed by atoms with van der Waals surface area (Å²) in [5.41, 5.74) is 6.54. The molecule has 0 unspecified atom stereocenters. The first-order chi connectivity index (χ1) is 8.79. The molecule has 0 aromatic heterocycles. The van der Waals surface area contributed by atoms with Gasteiger partial charge in [-0.25, -0.2) is 17.9 Å². The standard InChI is InChI=1S/C11H17N3O4S/c1-19(17,18)14-6-2-5-13-8-3-4-9(11(15)16)10(12)7-8/h3-4,7,13-14H,2,5-6,12H2,1H3,(H,15,16). The van der Waals surface area contributed by atoms with Gasteiger partial charge in [-0.15, -0.1) is 0 Å². The molecule has 0 fully saturated rings. The van der Waals surface area contributed by atoms with Crippen molar-refractivity contribution in [3.63, 3.8) is 0 Å². The van der Waals surface area contributed by atoms with Gasteiger partial charge in [0.25, 0.3) is 0 Å². The number of rotatable bonds is 7. The van der Waals surface area contributed by atoms with Crippen molar-refractivity contribution in [3.05, 3.63) is 23.8 Å². The van der Waals surface area contributed by atoms with Crippen molar-refractivity contribution in [1.82, 2.24) is 4.72 Å². The molecular formula is C11H17N3O4S. The minimum absolute atomic E-state index is 0.0595. The van der Waals surface area contributed by atoms with Gasteiger partial charge in [0, 0.05) is 24.5 Å². The van der Waals surface area contributed by atoms with Gasteiger partial charge in [-0.2, -0.15) is 0 Å². The molecule has 0 bridgehead atoms. The van der Waals surface area contributed by atoms with E-state index in [1.165, 1.54) is 12.1 Å². The zero-order valence-corrected chi connectivity index (χ0v) is 11.3. The molecule has 5 N–H and O–H groups in total. The second-order valence-electron chi connectivity index (χ2n) is 4.05. The molecule has 0 aliphatic carbocycles. The number of hydrogen-bond acceptors (Lipinski definition) is 5. The Morgan fingerprint density at radius 1 is 1.37 bits per heavy atom. The zero-order valence-electron chi connectivity index (χ0n) is 10.5. The SMILES string of the molecule is CS(=O)(=O)NCCCNc1ccc(C(=O)O)c(N)c1. The number of nitrogens with two attached hydrogens (primary N) is 1. The molecule has 0 radical (unpaired) electrons. The molecule has 0 aliphatic heterocycles. The Morgan fingerprint density at radius 3 is 2.58 bits per heavy atom. The lowest BCUT2D eigenvalue weighted by Gasteiger charge is -2.08. The predicted octanol–water partition coefficient (Wildman–Crippen LogP) is 0.318. The van der Waals surface area contributed by atoms with E-state index >= 15 is 0 Å². The van der Waals surface area contributed by atoms with E-state index in [1.54, 1.807) is 6.07 Å². The summed E-state index contributed by atoms with van der Waals surface area (Å²) in [6.45, 7) is 0.892. The zero-order chi connectivity index (χ0) is 14.5. The van der Waals surface area contributed by atoms with Crippen LogP contribution in [0.1, 0.15) is 16.8 Å².